The summed E-state index contributed by atoms with van der Waals surface area (Å²) < 4.78 is 12.1. The van der Waals surface area contributed by atoms with Crippen LogP contribution < -0.4 is 0 Å². The Morgan fingerprint density at radius 2 is 0.852 bits per heavy atom. The molecule has 0 saturated carbocycles. The molecule has 0 N–H and O–H groups in total. The Bertz CT molecular complexity index is 309. The molecule has 0 aromatic heterocycles. The highest BCUT2D eigenvalue weighted by molar-refractivity contribution is 6.71. The highest BCUT2D eigenvalue weighted by atomic mass is 28.4. The molecule has 27 heavy (non-hydrogen) atoms. The molecule has 162 valence electrons. The topological polar surface area (TPSA) is 18.5 Å². The van der Waals surface area contributed by atoms with Crippen LogP contribution >= 0.6 is 0 Å². The van der Waals surface area contributed by atoms with E-state index in [2.05, 4.69) is 27.0 Å². The lowest BCUT2D eigenvalue weighted by Crippen LogP contribution is -2.37. The van der Waals surface area contributed by atoms with Gasteiger partial charge in [0.05, 0.1) is 0 Å². The van der Waals surface area contributed by atoms with Crippen molar-refractivity contribution in [2.75, 3.05) is 13.2 Å². The van der Waals surface area contributed by atoms with E-state index in [4.69, 9.17) is 8.85 Å². The number of rotatable bonds is 22. The van der Waals surface area contributed by atoms with Gasteiger partial charge in [0.1, 0.15) is 0 Å². The summed E-state index contributed by atoms with van der Waals surface area (Å²) in [5.74, 6) is 0. The summed E-state index contributed by atoms with van der Waals surface area (Å²) in [4.78, 5) is 0. The number of hydrogen-bond donors (Lipinski definition) is 0. The van der Waals surface area contributed by atoms with E-state index >= 15 is 0 Å². The Morgan fingerprint density at radius 3 is 1.22 bits per heavy atom. The molecule has 2 nitrogen and oxygen atoms in total. The van der Waals surface area contributed by atoms with Crippen LogP contribution in [0.25, 0.3) is 0 Å². The predicted molar refractivity (Wildman–Crippen MR) is 124 cm³/mol. The fraction of sp³-hybridized carbons (Fsp3) is 0.917. The zero-order valence-electron chi connectivity index (χ0n) is 19.0. The lowest BCUT2D eigenvalue weighted by molar-refractivity contribution is 0.178. The standard InChI is InChI=1S/C24H50O2Si/c1-5-8-10-11-12-13-14-15-16-17-18-19-20-22-24-26-27(4,7-3)25-23-21-9-6-2/h7H,3,5-6,8-24H2,1-2,4H3. The maximum Gasteiger partial charge on any atom is 0.361 e. The molecule has 1 atom stereocenters. The molecule has 0 aliphatic carbocycles. The first kappa shape index (κ1) is 26.9. The van der Waals surface area contributed by atoms with Crippen molar-refractivity contribution in [2.45, 2.75) is 130 Å². The Hall–Kier alpha value is -0.123. The molecule has 0 bridgehead atoms. The molecule has 3 heteroatoms. The van der Waals surface area contributed by atoms with Crippen molar-refractivity contribution in [3.63, 3.8) is 0 Å². The summed E-state index contributed by atoms with van der Waals surface area (Å²) in [5, 5.41) is 0. The Balaban J connectivity index is 3.34. The van der Waals surface area contributed by atoms with Gasteiger partial charge in [-0.05, 0) is 25.1 Å². The quantitative estimate of drug-likeness (QED) is 0.134. The summed E-state index contributed by atoms with van der Waals surface area (Å²) in [6.45, 7) is 12.2. The van der Waals surface area contributed by atoms with Crippen LogP contribution in [0.2, 0.25) is 6.55 Å². The molecule has 0 fully saturated rings. The average Bonchev–Trinajstić information content (AvgIpc) is 2.68. The molecule has 0 saturated heterocycles. The highest BCUT2D eigenvalue weighted by Gasteiger charge is 2.26. The number of hydrogen-bond acceptors (Lipinski definition) is 2. The van der Waals surface area contributed by atoms with E-state index in [0.29, 0.717) is 0 Å². The van der Waals surface area contributed by atoms with Crippen LogP contribution in [-0.4, -0.2) is 21.8 Å². The van der Waals surface area contributed by atoms with Gasteiger partial charge in [-0.2, -0.15) is 0 Å². The van der Waals surface area contributed by atoms with Gasteiger partial charge >= 0.3 is 8.56 Å². The molecular weight excluding hydrogens is 348 g/mol. The SMILES string of the molecule is C=C[Si](C)(OCCCCC)OCCCCCCCCCCCCCCCC. The lowest BCUT2D eigenvalue weighted by Gasteiger charge is -2.23. The van der Waals surface area contributed by atoms with E-state index < -0.39 is 8.56 Å². The zero-order chi connectivity index (χ0) is 20.1. The van der Waals surface area contributed by atoms with Crippen molar-refractivity contribution in [3.05, 3.63) is 12.3 Å². The van der Waals surface area contributed by atoms with E-state index in [9.17, 15) is 0 Å². The first-order valence-electron chi connectivity index (χ1n) is 12.1. The molecule has 0 amide bonds. The zero-order valence-corrected chi connectivity index (χ0v) is 20.0. The van der Waals surface area contributed by atoms with Crippen molar-refractivity contribution in [1.29, 1.82) is 0 Å². The molecule has 1 unspecified atom stereocenters. The van der Waals surface area contributed by atoms with Crippen molar-refractivity contribution in [2.24, 2.45) is 0 Å². The van der Waals surface area contributed by atoms with E-state index in [-0.39, 0.29) is 0 Å². The van der Waals surface area contributed by atoms with E-state index in [1.807, 2.05) is 5.70 Å². The lowest BCUT2D eigenvalue weighted by atomic mass is 10.0. The van der Waals surface area contributed by atoms with E-state index in [1.54, 1.807) is 0 Å². The predicted octanol–water partition coefficient (Wildman–Crippen LogP) is 8.49. The molecule has 0 heterocycles. The van der Waals surface area contributed by atoms with Crippen LogP contribution in [0, 0.1) is 0 Å². The summed E-state index contributed by atoms with van der Waals surface area (Å²) >= 11 is 0. The second-order valence-corrected chi connectivity index (χ2v) is 11.2. The minimum Gasteiger partial charge on any atom is -0.391 e. The fourth-order valence-corrected chi connectivity index (χ4v) is 4.78. The van der Waals surface area contributed by atoms with Crippen LogP contribution in [0.15, 0.2) is 12.3 Å². The maximum atomic E-state index is 6.06. The molecule has 0 spiro atoms. The normalized spacial score (nSPS) is 13.6. The Labute approximate surface area is 172 Å². The van der Waals surface area contributed by atoms with Gasteiger partial charge in [-0.1, -0.05) is 110 Å². The summed E-state index contributed by atoms with van der Waals surface area (Å²) in [6.07, 6.45) is 23.1. The molecule has 0 aromatic carbocycles. The monoisotopic (exact) mass is 398 g/mol. The van der Waals surface area contributed by atoms with Crippen LogP contribution in [0.5, 0.6) is 0 Å². The third-order valence-corrected chi connectivity index (χ3v) is 7.69. The Kier molecular flexibility index (Phi) is 20.5. The molecular formula is C24H50O2Si. The molecule has 0 rings (SSSR count). The molecule has 0 aromatic rings. The second-order valence-electron chi connectivity index (χ2n) is 8.22. The maximum absolute atomic E-state index is 6.06. The summed E-state index contributed by atoms with van der Waals surface area (Å²) in [7, 11) is -2.11. The van der Waals surface area contributed by atoms with Gasteiger partial charge < -0.3 is 8.85 Å². The minimum atomic E-state index is -2.11. The summed E-state index contributed by atoms with van der Waals surface area (Å²) in [5.41, 5.74) is 1.93. The van der Waals surface area contributed by atoms with Gasteiger partial charge in [0.25, 0.3) is 0 Å². The van der Waals surface area contributed by atoms with Gasteiger partial charge in [-0.15, -0.1) is 6.58 Å². The van der Waals surface area contributed by atoms with Crippen LogP contribution in [-0.2, 0) is 8.85 Å². The Morgan fingerprint density at radius 1 is 0.556 bits per heavy atom. The fourth-order valence-electron chi connectivity index (χ4n) is 3.36. The van der Waals surface area contributed by atoms with E-state index in [0.717, 1.165) is 26.1 Å². The third-order valence-electron chi connectivity index (χ3n) is 5.39. The smallest absolute Gasteiger partial charge is 0.361 e. The van der Waals surface area contributed by atoms with Gasteiger partial charge in [-0.3, -0.25) is 0 Å². The van der Waals surface area contributed by atoms with Crippen molar-refractivity contribution < 1.29 is 8.85 Å². The molecule has 0 aliphatic heterocycles. The largest absolute Gasteiger partial charge is 0.391 e. The first-order valence-corrected chi connectivity index (χ1v) is 14.5. The minimum absolute atomic E-state index is 0.821. The second kappa shape index (κ2) is 20.6. The molecule has 0 radical (unpaired) electrons. The van der Waals surface area contributed by atoms with Crippen molar-refractivity contribution in [1.82, 2.24) is 0 Å². The van der Waals surface area contributed by atoms with Gasteiger partial charge in [0, 0.05) is 13.2 Å². The van der Waals surface area contributed by atoms with Gasteiger partial charge in [-0.25, -0.2) is 0 Å². The van der Waals surface area contributed by atoms with Crippen LogP contribution in [0.3, 0.4) is 0 Å². The van der Waals surface area contributed by atoms with Gasteiger partial charge in [0.15, 0.2) is 0 Å². The van der Waals surface area contributed by atoms with Gasteiger partial charge in [0.2, 0.25) is 0 Å². The van der Waals surface area contributed by atoms with Crippen LogP contribution in [0.1, 0.15) is 123 Å². The first-order chi connectivity index (χ1) is 13.2. The average molecular weight is 399 g/mol. The van der Waals surface area contributed by atoms with Crippen molar-refractivity contribution in [3.8, 4) is 0 Å². The van der Waals surface area contributed by atoms with Crippen LogP contribution in [0.4, 0.5) is 0 Å². The third kappa shape index (κ3) is 19.0. The summed E-state index contributed by atoms with van der Waals surface area (Å²) in [6, 6.07) is 0. The number of unbranched alkanes of at least 4 members (excludes halogenated alkanes) is 15. The highest BCUT2D eigenvalue weighted by Crippen LogP contribution is 2.14. The van der Waals surface area contributed by atoms with E-state index in [1.165, 1.54) is 96.3 Å². The van der Waals surface area contributed by atoms with Crippen molar-refractivity contribution >= 4 is 8.56 Å². The molecule has 0 aliphatic rings.